The lowest BCUT2D eigenvalue weighted by molar-refractivity contribution is 0.0951. The molecule has 0 saturated heterocycles. The van der Waals surface area contributed by atoms with Crippen LogP contribution < -0.4 is 10.6 Å². The minimum atomic E-state index is -2.30. The molecule has 0 aliphatic heterocycles. The van der Waals surface area contributed by atoms with Crippen molar-refractivity contribution >= 4 is 19.2 Å². The molecule has 0 bridgehead atoms. The van der Waals surface area contributed by atoms with Gasteiger partial charge in [-0.3, -0.25) is 4.79 Å². The Bertz CT molecular complexity index is 581. The van der Waals surface area contributed by atoms with Crippen LogP contribution in [0, 0.1) is 0 Å². The van der Waals surface area contributed by atoms with Gasteiger partial charge < -0.3 is 5.32 Å². The van der Waals surface area contributed by atoms with Crippen LogP contribution in [0.25, 0.3) is 0 Å². The molecule has 1 atom stereocenters. The first-order valence-corrected chi connectivity index (χ1v) is 6.96. The largest absolute Gasteiger partial charge is 0.546 e. The minimum absolute atomic E-state index is 0.141. The molecule has 2 N–H and O–H groups in total. The van der Waals surface area contributed by atoms with Crippen LogP contribution in [0.2, 0.25) is 0 Å². The maximum atomic E-state index is 11.8. The molecule has 96 valence electrons. The molecule has 19 heavy (non-hydrogen) atoms. The highest BCUT2D eigenvalue weighted by molar-refractivity contribution is 7.47. The first-order chi connectivity index (χ1) is 9.16. The second kappa shape index (κ2) is 6.23. The fraction of sp³-hybridized carbons (Fsp3) is 0.0714. The molecule has 2 aromatic carbocycles. The van der Waals surface area contributed by atoms with E-state index < -0.39 is 8.03 Å². The van der Waals surface area contributed by atoms with Crippen LogP contribution in [0.1, 0.15) is 15.9 Å². The molecule has 0 radical (unpaired) electrons. The van der Waals surface area contributed by atoms with E-state index in [1.165, 1.54) is 0 Å². The molecule has 0 aliphatic rings. The average molecular weight is 274 g/mol. The summed E-state index contributed by atoms with van der Waals surface area (Å²) in [5.41, 5.74) is 1.49. The summed E-state index contributed by atoms with van der Waals surface area (Å²) in [5.74, 6) is -0.141. The van der Waals surface area contributed by atoms with E-state index in [1.54, 1.807) is 36.4 Å². The number of hydrogen-bond acceptors (Lipinski definition) is 2. The second-order valence-electron chi connectivity index (χ2n) is 3.99. The van der Waals surface area contributed by atoms with Crippen molar-refractivity contribution in [1.29, 1.82) is 0 Å². The molecule has 5 heteroatoms. The quantitative estimate of drug-likeness (QED) is 0.838. The highest BCUT2D eigenvalue weighted by Crippen LogP contribution is 2.12. The van der Waals surface area contributed by atoms with E-state index in [-0.39, 0.29) is 5.91 Å². The summed E-state index contributed by atoms with van der Waals surface area (Å²) in [7, 11) is -2.30. The van der Waals surface area contributed by atoms with Crippen molar-refractivity contribution in [2.75, 3.05) is 0 Å². The molecular formula is C14H13NO3P+. The van der Waals surface area contributed by atoms with Crippen LogP contribution >= 0.6 is 8.03 Å². The predicted molar refractivity (Wildman–Crippen MR) is 73.5 cm³/mol. The maximum absolute atomic E-state index is 11.8. The van der Waals surface area contributed by atoms with E-state index in [9.17, 15) is 9.36 Å². The normalized spacial score (nSPS) is 10.9. The first kappa shape index (κ1) is 13.4. The smallest absolute Gasteiger partial charge is 0.348 e. The van der Waals surface area contributed by atoms with Crippen molar-refractivity contribution in [3.05, 3.63) is 65.7 Å². The van der Waals surface area contributed by atoms with Gasteiger partial charge in [0.15, 0.2) is 0 Å². The average Bonchev–Trinajstić information content (AvgIpc) is 2.46. The lowest BCUT2D eigenvalue weighted by atomic mass is 10.2. The highest BCUT2D eigenvalue weighted by atomic mass is 31.1. The van der Waals surface area contributed by atoms with Gasteiger partial charge in [0.2, 0.25) is 5.30 Å². The van der Waals surface area contributed by atoms with Gasteiger partial charge in [0.25, 0.3) is 5.91 Å². The van der Waals surface area contributed by atoms with Gasteiger partial charge in [-0.05, 0) is 34.4 Å². The van der Waals surface area contributed by atoms with Gasteiger partial charge in [-0.1, -0.05) is 30.3 Å². The van der Waals surface area contributed by atoms with Crippen LogP contribution in [0.15, 0.2) is 54.6 Å². The number of amides is 1. The van der Waals surface area contributed by atoms with Crippen molar-refractivity contribution in [3.8, 4) is 0 Å². The number of hydrogen-bond donors (Lipinski definition) is 2. The number of rotatable bonds is 4. The van der Waals surface area contributed by atoms with E-state index >= 15 is 0 Å². The molecule has 0 spiro atoms. The van der Waals surface area contributed by atoms with E-state index in [0.29, 0.717) is 17.4 Å². The summed E-state index contributed by atoms with van der Waals surface area (Å²) in [6.45, 7) is 0.385. The zero-order valence-corrected chi connectivity index (χ0v) is 11.0. The Morgan fingerprint density at radius 3 is 2.26 bits per heavy atom. The monoisotopic (exact) mass is 274 g/mol. The maximum Gasteiger partial charge on any atom is 0.546 e. The Balaban J connectivity index is 1.95. The molecule has 2 aromatic rings. The SMILES string of the molecule is O=C(NCc1ccc([P+](=O)O)cc1)c1ccccc1. The molecule has 2 rings (SSSR count). The zero-order valence-electron chi connectivity index (χ0n) is 10.1. The lowest BCUT2D eigenvalue weighted by Crippen LogP contribution is -2.22. The zero-order chi connectivity index (χ0) is 13.7. The van der Waals surface area contributed by atoms with Crippen molar-refractivity contribution in [1.82, 2.24) is 5.32 Å². The standard InChI is InChI=1S/C14H12NO3P/c16-14(12-4-2-1-3-5-12)15-10-11-6-8-13(9-7-11)19(17)18/h1-9H,10H2,(H-,15,16,17,18)/p+1. The molecule has 1 amide bonds. The third-order valence-corrected chi connectivity index (χ3v) is 3.39. The van der Waals surface area contributed by atoms with Crippen LogP contribution in [0.3, 0.4) is 0 Å². The molecule has 0 aliphatic carbocycles. The summed E-state index contributed by atoms with van der Waals surface area (Å²) in [6.07, 6.45) is 0. The Labute approximate surface area is 112 Å². The van der Waals surface area contributed by atoms with Gasteiger partial charge in [0.05, 0.1) is 0 Å². The van der Waals surface area contributed by atoms with Gasteiger partial charge in [-0.25, -0.2) is 0 Å². The van der Waals surface area contributed by atoms with Gasteiger partial charge in [-0.2, -0.15) is 4.89 Å². The van der Waals surface area contributed by atoms with E-state index in [0.717, 1.165) is 5.56 Å². The second-order valence-corrected chi connectivity index (χ2v) is 5.05. The third kappa shape index (κ3) is 3.71. The van der Waals surface area contributed by atoms with Crippen LogP contribution in [-0.2, 0) is 11.1 Å². The Morgan fingerprint density at radius 2 is 1.68 bits per heavy atom. The number of carbonyl (C=O) groups is 1. The Morgan fingerprint density at radius 1 is 1.05 bits per heavy atom. The highest BCUT2D eigenvalue weighted by Gasteiger charge is 2.14. The van der Waals surface area contributed by atoms with Crippen molar-refractivity contribution < 1.29 is 14.3 Å². The topological polar surface area (TPSA) is 66.4 Å². The number of carbonyl (C=O) groups excluding carboxylic acids is 1. The van der Waals surface area contributed by atoms with E-state index in [1.807, 2.05) is 18.2 Å². The number of nitrogens with one attached hydrogen (secondary N) is 1. The van der Waals surface area contributed by atoms with E-state index in [4.69, 9.17) is 4.89 Å². The van der Waals surface area contributed by atoms with Crippen molar-refractivity contribution in [2.45, 2.75) is 6.54 Å². The summed E-state index contributed by atoms with van der Waals surface area (Å²) >= 11 is 0. The Kier molecular flexibility index (Phi) is 4.39. The molecule has 0 heterocycles. The van der Waals surface area contributed by atoms with Gasteiger partial charge >= 0.3 is 8.03 Å². The summed E-state index contributed by atoms with van der Waals surface area (Å²) in [4.78, 5) is 20.7. The summed E-state index contributed by atoms with van der Waals surface area (Å²) in [6, 6.07) is 15.6. The van der Waals surface area contributed by atoms with Crippen LogP contribution in [0.5, 0.6) is 0 Å². The number of benzene rings is 2. The fourth-order valence-corrected chi connectivity index (χ4v) is 2.02. The molecule has 0 aromatic heterocycles. The minimum Gasteiger partial charge on any atom is -0.348 e. The van der Waals surface area contributed by atoms with Crippen molar-refractivity contribution in [3.63, 3.8) is 0 Å². The molecule has 1 unspecified atom stereocenters. The van der Waals surface area contributed by atoms with Crippen LogP contribution in [-0.4, -0.2) is 10.8 Å². The van der Waals surface area contributed by atoms with Gasteiger partial charge in [0, 0.05) is 12.1 Å². The Hall–Kier alpha value is -2.03. The summed E-state index contributed by atoms with van der Waals surface area (Å²) in [5, 5.41) is 3.17. The first-order valence-electron chi connectivity index (χ1n) is 5.75. The van der Waals surface area contributed by atoms with Crippen molar-refractivity contribution in [2.24, 2.45) is 0 Å². The molecule has 0 fully saturated rings. The third-order valence-electron chi connectivity index (χ3n) is 2.65. The van der Waals surface area contributed by atoms with Gasteiger partial charge in [0.1, 0.15) is 0 Å². The van der Waals surface area contributed by atoms with Gasteiger partial charge in [-0.15, -0.1) is 0 Å². The fourth-order valence-electron chi connectivity index (χ4n) is 1.62. The molecular weight excluding hydrogens is 261 g/mol. The lowest BCUT2D eigenvalue weighted by Gasteiger charge is -2.04. The van der Waals surface area contributed by atoms with E-state index in [2.05, 4.69) is 5.32 Å². The molecule has 4 nitrogen and oxygen atoms in total. The predicted octanol–water partition coefficient (Wildman–Crippen LogP) is 1.98. The summed E-state index contributed by atoms with van der Waals surface area (Å²) < 4.78 is 10.8. The molecule has 0 saturated carbocycles. The van der Waals surface area contributed by atoms with Crippen LogP contribution in [0.4, 0.5) is 0 Å².